The van der Waals surface area contributed by atoms with Gasteiger partial charge in [0.05, 0.1) is 5.56 Å². The van der Waals surface area contributed by atoms with Crippen LogP contribution in [0.5, 0.6) is 0 Å². The van der Waals surface area contributed by atoms with Gasteiger partial charge in [-0.1, -0.05) is 11.6 Å². The molecular weight excluding hydrogens is 183 g/mol. The number of ketones is 1. The Morgan fingerprint density at radius 1 is 1.50 bits per heavy atom. The van der Waals surface area contributed by atoms with Crippen LogP contribution in [0.2, 0.25) is 0 Å². The average molecular weight is 196 g/mol. The lowest BCUT2D eigenvalue weighted by atomic mass is 10.0. The molecule has 0 heterocycles. The van der Waals surface area contributed by atoms with Gasteiger partial charge < -0.3 is 5.11 Å². The first-order valence-electron chi connectivity index (χ1n) is 4.55. The predicted octanol–water partition coefficient (Wildman–Crippen LogP) is 2.09. The Kier molecular flexibility index (Phi) is 3.77. The summed E-state index contributed by atoms with van der Waals surface area (Å²) in [5.74, 6) is -0.737. The predicted molar refractivity (Wildman–Crippen MR) is 51.8 cm³/mol. The third-order valence-electron chi connectivity index (χ3n) is 1.98. The molecule has 14 heavy (non-hydrogen) atoms. The van der Waals surface area contributed by atoms with Crippen LogP contribution in [0.3, 0.4) is 0 Å². The van der Waals surface area contributed by atoms with Crippen LogP contribution in [0.25, 0.3) is 0 Å². The van der Waals surface area contributed by atoms with E-state index in [9.17, 15) is 9.18 Å². The maximum Gasteiger partial charge on any atom is 0.165 e. The molecule has 0 aromatic heterocycles. The highest BCUT2D eigenvalue weighted by atomic mass is 19.1. The van der Waals surface area contributed by atoms with Gasteiger partial charge in [0.15, 0.2) is 5.78 Å². The monoisotopic (exact) mass is 196 g/mol. The molecule has 0 unspecified atom stereocenters. The summed E-state index contributed by atoms with van der Waals surface area (Å²) in [5, 5.41) is 8.54. The number of rotatable bonds is 4. The second-order valence-corrected chi connectivity index (χ2v) is 3.23. The molecule has 0 aliphatic heterocycles. The van der Waals surface area contributed by atoms with Gasteiger partial charge >= 0.3 is 0 Å². The number of hydrogen-bond donors (Lipinski definition) is 1. The van der Waals surface area contributed by atoms with Crippen LogP contribution in [0.1, 0.15) is 28.8 Å². The lowest BCUT2D eigenvalue weighted by Crippen LogP contribution is -2.03. The molecule has 0 spiro atoms. The molecule has 0 saturated carbocycles. The van der Waals surface area contributed by atoms with Gasteiger partial charge in [-0.2, -0.15) is 0 Å². The molecule has 2 nitrogen and oxygen atoms in total. The van der Waals surface area contributed by atoms with Crippen LogP contribution < -0.4 is 0 Å². The van der Waals surface area contributed by atoms with Gasteiger partial charge in [-0.3, -0.25) is 4.79 Å². The minimum Gasteiger partial charge on any atom is -0.396 e. The van der Waals surface area contributed by atoms with Gasteiger partial charge in [-0.15, -0.1) is 0 Å². The van der Waals surface area contributed by atoms with Crippen LogP contribution in [0, 0.1) is 12.7 Å². The van der Waals surface area contributed by atoms with Gasteiger partial charge in [-0.05, 0) is 25.5 Å². The summed E-state index contributed by atoms with van der Waals surface area (Å²) in [6, 6.07) is 4.45. The molecule has 3 heteroatoms. The summed E-state index contributed by atoms with van der Waals surface area (Å²) in [6.07, 6.45) is 0.573. The fraction of sp³-hybridized carbons (Fsp3) is 0.364. The van der Waals surface area contributed by atoms with Crippen LogP contribution in [-0.2, 0) is 0 Å². The van der Waals surface area contributed by atoms with Crippen LogP contribution in [-0.4, -0.2) is 17.5 Å². The molecule has 0 amide bonds. The summed E-state index contributed by atoms with van der Waals surface area (Å²) in [4.78, 5) is 11.4. The zero-order chi connectivity index (χ0) is 10.6. The van der Waals surface area contributed by atoms with Crippen molar-refractivity contribution in [2.75, 3.05) is 6.61 Å². The van der Waals surface area contributed by atoms with Crippen LogP contribution in [0.15, 0.2) is 18.2 Å². The fourth-order valence-corrected chi connectivity index (χ4v) is 1.23. The molecule has 0 atom stereocenters. The maximum atomic E-state index is 13.2. The van der Waals surface area contributed by atoms with E-state index in [-0.39, 0.29) is 24.4 Å². The molecule has 0 fully saturated rings. The van der Waals surface area contributed by atoms with Gasteiger partial charge in [0.2, 0.25) is 0 Å². The average Bonchev–Trinajstić information content (AvgIpc) is 2.18. The Morgan fingerprint density at radius 2 is 2.21 bits per heavy atom. The number of halogens is 1. The first-order chi connectivity index (χ1) is 6.65. The van der Waals surface area contributed by atoms with E-state index in [0.29, 0.717) is 6.42 Å². The fourth-order valence-electron chi connectivity index (χ4n) is 1.23. The van der Waals surface area contributed by atoms with E-state index in [0.717, 1.165) is 5.56 Å². The third-order valence-corrected chi connectivity index (χ3v) is 1.98. The zero-order valence-electron chi connectivity index (χ0n) is 8.09. The van der Waals surface area contributed by atoms with E-state index < -0.39 is 5.82 Å². The van der Waals surface area contributed by atoms with Crippen LogP contribution in [0.4, 0.5) is 4.39 Å². The molecule has 76 valence electrons. The van der Waals surface area contributed by atoms with Gasteiger partial charge in [-0.25, -0.2) is 4.39 Å². The highest BCUT2D eigenvalue weighted by molar-refractivity contribution is 5.96. The van der Waals surface area contributed by atoms with Crippen molar-refractivity contribution in [2.45, 2.75) is 19.8 Å². The van der Waals surface area contributed by atoms with Crippen LogP contribution >= 0.6 is 0 Å². The second kappa shape index (κ2) is 4.86. The highest BCUT2D eigenvalue weighted by Gasteiger charge is 2.10. The first kappa shape index (κ1) is 10.9. The van der Waals surface area contributed by atoms with E-state index in [2.05, 4.69) is 0 Å². The molecule has 1 N–H and O–H groups in total. The number of aliphatic hydroxyl groups excluding tert-OH is 1. The van der Waals surface area contributed by atoms with E-state index in [1.165, 1.54) is 12.1 Å². The van der Waals surface area contributed by atoms with E-state index in [4.69, 9.17) is 5.11 Å². The molecular formula is C11H13FO2. The Morgan fingerprint density at radius 3 is 2.86 bits per heavy atom. The lowest BCUT2D eigenvalue weighted by Gasteiger charge is -2.02. The number of carbonyl (C=O) groups excluding carboxylic acids is 1. The topological polar surface area (TPSA) is 37.3 Å². The normalized spacial score (nSPS) is 10.2. The number of benzene rings is 1. The second-order valence-electron chi connectivity index (χ2n) is 3.23. The summed E-state index contributed by atoms with van der Waals surface area (Å²) in [7, 11) is 0. The van der Waals surface area contributed by atoms with Crippen molar-refractivity contribution in [3.05, 3.63) is 35.1 Å². The van der Waals surface area contributed by atoms with E-state index in [1.54, 1.807) is 6.07 Å². The molecule has 1 aromatic carbocycles. The summed E-state index contributed by atoms with van der Waals surface area (Å²) < 4.78 is 13.2. The number of carbonyl (C=O) groups is 1. The van der Waals surface area contributed by atoms with Gasteiger partial charge in [0, 0.05) is 13.0 Å². The quantitative estimate of drug-likeness (QED) is 0.749. The Hall–Kier alpha value is -1.22. The number of hydrogen-bond acceptors (Lipinski definition) is 2. The molecule has 0 radical (unpaired) electrons. The SMILES string of the molecule is Cc1ccc(F)c(C(=O)CCCO)c1. The van der Waals surface area contributed by atoms with Crippen molar-refractivity contribution in [1.29, 1.82) is 0 Å². The van der Waals surface area contributed by atoms with Crippen molar-refractivity contribution < 1.29 is 14.3 Å². The minimum atomic E-state index is -0.487. The van der Waals surface area contributed by atoms with E-state index >= 15 is 0 Å². The number of Topliss-reactive ketones (excluding diaryl/α,β-unsaturated/α-hetero) is 1. The van der Waals surface area contributed by atoms with Crippen molar-refractivity contribution in [1.82, 2.24) is 0 Å². The molecule has 0 bridgehead atoms. The smallest absolute Gasteiger partial charge is 0.165 e. The Labute approximate surface area is 82.4 Å². The Bertz CT molecular complexity index is 334. The summed E-state index contributed by atoms with van der Waals surface area (Å²) >= 11 is 0. The molecule has 1 rings (SSSR count). The van der Waals surface area contributed by atoms with Crippen molar-refractivity contribution >= 4 is 5.78 Å². The molecule has 0 aliphatic carbocycles. The molecule has 0 aliphatic rings. The van der Waals surface area contributed by atoms with Crippen molar-refractivity contribution in [3.8, 4) is 0 Å². The number of aliphatic hydroxyl groups is 1. The van der Waals surface area contributed by atoms with Gasteiger partial charge in [0.25, 0.3) is 0 Å². The largest absolute Gasteiger partial charge is 0.396 e. The lowest BCUT2D eigenvalue weighted by molar-refractivity contribution is 0.0967. The summed E-state index contributed by atoms with van der Waals surface area (Å²) in [6.45, 7) is 1.77. The highest BCUT2D eigenvalue weighted by Crippen LogP contribution is 2.12. The van der Waals surface area contributed by atoms with Crippen molar-refractivity contribution in [2.24, 2.45) is 0 Å². The first-order valence-corrected chi connectivity index (χ1v) is 4.55. The summed E-state index contributed by atoms with van der Waals surface area (Å²) in [5.41, 5.74) is 0.984. The molecule has 0 saturated heterocycles. The van der Waals surface area contributed by atoms with E-state index in [1.807, 2.05) is 6.92 Å². The maximum absolute atomic E-state index is 13.2. The molecule has 1 aromatic rings. The zero-order valence-corrected chi connectivity index (χ0v) is 8.09. The van der Waals surface area contributed by atoms with Crippen molar-refractivity contribution in [3.63, 3.8) is 0 Å². The number of aryl methyl sites for hydroxylation is 1. The van der Waals surface area contributed by atoms with Gasteiger partial charge in [0.1, 0.15) is 5.82 Å². The standard InChI is InChI=1S/C11H13FO2/c1-8-4-5-10(12)9(7-8)11(14)3-2-6-13/h4-5,7,13H,2-3,6H2,1H3. The Balaban J connectivity index is 2.83. The third kappa shape index (κ3) is 2.64. The minimum absolute atomic E-state index is 0.0425.